The number of amides is 2. The standard InChI is InChI=1S/C14H20N4O2/c1-2-10-5-3-4-7-17(10)14(20)11-9-12-13(19)15-6-8-18(12)16-11/h9-10H,2-8H2,1H3,(H,15,19). The van der Waals surface area contributed by atoms with E-state index in [-0.39, 0.29) is 11.8 Å². The highest BCUT2D eigenvalue weighted by Gasteiger charge is 2.29. The summed E-state index contributed by atoms with van der Waals surface area (Å²) in [4.78, 5) is 26.3. The van der Waals surface area contributed by atoms with Gasteiger partial charge in [-0.15, -0.1) is 0 Å². The Bertz CT molecular complexity index is 537. The van der Waals surface area contributed by atoms with Gasteiger partial charge in [0.25, 0.3) is 11.8 Å². The van der Waals surface area contributed by atoms with Gasteiger partial charge in [-0.1, -0.05) is 6.92 Å². The molecule has 3 heterocycles. The number of aromatic nitrogens is 2. The van der Waals surface area contributed by atoms with Crippen LogP contribution in [0.3, 0.4) is 0 Å². The van der Waals surface area contributed by atoms with Gasteiger partial charge in [-0.2, -0.15) is 5.10 Å². The molecular weight excluding hydrogens is 256 g/mol. The topological polar surface area (TPSA) is 67.2 Å². The van der Waals surface area contributed by atoms with Crippen LogP contribution in [0.2, 0.25) is 0 Å². The monoisotopic (exact) mass is 276 g/mol. The molecule has 1 aromatic rings. The van der Waals surface area contributed by atoms with Gasteiger partial charge in [0.2, 0.25) is 0 Å². The van der Waals surface area contributed by atoms with Crippen LogP contribution >= 0.6 is 0 Å². The minimum absolute atomic E-state index is 0.0359. The van der Waals surface area contributed by atoms with Crippen LogP contribution in [0.4, 0.5) is 0 Å². The quantitative estimate of drug-likeness (QED) is 0.877. The lowest BCUT2D eigenvalue weighted by Crippen LogP contribution is -2.43. The second-order valence-electron chi connectivity index (χ2n) is 5.45. The number of rotatable bonds is 2. The molecule has 0 aromatic carbocycles. The summed E-state index contributed by atoms with van der Waals surface area (Å²) in [6, 6.07) is 1.93. The Balaban J connectivity index is 1.85. The van der Waals surface area contributed by atoms with E-state index in [0.717, 1.165) is 25.8 Å². The average Bonchev–Trinajstić information content (AvgIpc) is 2.92. The Labute approximate surface area is 118 Å². The number of nitrogens with one attached hydrogen (secondary N) is 1. The fourth-order valence-corrected chi connectivity index (χ4v) is 3.08. The molecule has 1 N–H and O–H groups in total. The molecule has 20 heavy (non-hydrogen) atoms. The SMILES string of the molecule is CCC1CCCCN1C(=O)c1cc2n(n1)CCNC2=O. The molecule has 2 aliphatic rings. The predicted molar refractivity (Wildman–Crippen MR) is 73.5 cm³/mol. The van der Waals surface area contributed by atoms with Crippen LogP contribution in [-0.2, 0) is 6.54 Å². The maximum Gasteiger partial charge on any atom is 0.274 e. The fraction of sp³-hybridized carbons (Fsp3) is 0.643. The zero-order valence-corrected chi connectivity index (χ0v) is 11.8. The molecule has 1 fully saturated rings. The summed E-state index contributed by atoms with van der Waals surface area (Å²) in [6.07, 6.45) is 4.27. The lowest BCUT2D eigenvalue weighted by Gasteiger charge is -2.34. The van der Waals surface area contributed by atoms with Gasteiger partial charge < -0.3 is 10.2 Å². The summed E-state index contributed by atoms with van der Waals surface area (Å²) < 4.78 is 1.64. The van der Waals surface area contributed by atoms with Gasteiger partial charge in [-0.3, -0.25) is 14.3 Å². The Hall–Kier alpha value is -1.85. The van der Waals surface area contributed by atoms with Crippen molar-refractivity contribution in [3.8, 4) is 0 Å². The van der Waals surface area contributed by atoms with Crippen molar-refractivity contribution in [3.05, 3.63) is 17.5 Å². The van der Waals surface area contributed by atoms with Gasteiger partial charge in [-0.05, 0) is 25.7 Å². The third-order valence-electron chi connectivity index (χ3n) is 4.20. The molecule has 1 unspecified atom stereocenters. The Morgan fingerprint density at radius 3 is 3.05 bits per heavy atom. The van der Waals surface area contributed by atoms with Crippen molar-refractivity contribution in [3.63, 3.8) is 0 Å². The third-order valence-corrected chi connectivity index (χ3v) is 4.20. The van der Waals surface area contributed by atoms with Crippen molar-refractivity contribution in [1.82, 2.24) is 20.0 Å². The van der Waals surface area contributed by atoms with E-state index in [4.69, 9.17) is 0 Å². The molecule has 0 saturated carbocycles. The van der Waals surface area contributed by atoms with Crippen molar-refractivity contribution >= 4 is 11.8 Å². The van der Waals surface area contributed by atoms with Crippen molar-refractivity contribution < 1.29 is 9.59 Å². The van der Waals surface area contributed by atoms with E-state index in [2.05, 4.69) is 17.3 Å². The zero-order valence-electron chi connectivity index (χ0n) is 11.8. The van der Waals surface area contributed by atoms with Gasteiger partial charge in [0.05, 0.1) is 6.54 Å². The molecule has 1 saturated heterocycles. The molecule has 1 atom stereocenters. The maximum absolute atomic E-state index is 12.6. The normalized spacial score (nSPS) is 22.4. The molecule has 0 aliphatic carbocycles. The van der Waals surface area contributed by atoms with E-state index in [1.165, 1.54) is 6.42 Å². The van der Waals surface area contributed by atoms with E-state index in [0.29, 0.717) is 30.5 Å². The van der Waals surface area contributed by atoms with Gasteiger partial charge >= 0.3 is 0 Å². The maximum atomic E-state index is 12.6. The van der Waals surface area contributed by atoms with E-state index >= 15 is 0 Å². The zero-order chi connectivity index (χ0) is 14.1. The molecule has 108 valence electrons. The minimum Gasteiger partial charge on any atom is -0.349 e. The van der Waals surface area contributed by atoms with Crippen molar-refractivity contribution in [2.75, 3.05) is 13.1 Å². The first-order valence-electron chi connectivity index (χ1n) is 7.37. The van der Waals surface area contributed by atoms with Gasteiger partial charge in [0.1, 0.15) is 5.69 Å². The molecule has 1 aromatic heterocycles. The number of hydrogen-bond acceptors (Lipinski definition) is 3. The van der Waals surface area contributed by atoms with Crippen LogP contribution in [0, 0.1) is 0 Å². The van der Waals surface area contributed by atoms with E-state index in [9.17, 15) is 9.59 Å². The van der Waals surface area contributed by atoms with E-state index in [1.54, 1.807) is 10.7 Å². The Kier molecular flexibility index (Phi) is 3.46. The lowest BCUT2D eigenvalue weighted by atomic mass is 9.99. The highest BCUT2D eigenvalue weighted by Crippen LogP contribution is 2.22. The van der Waals surface area contributed by atoms with Crippen molar-refractivity contribution in [1.29, 1.82) is 0 Å². The van der Waals surface area contributed by atoms with Crippen molar-refractivity contribution in [2.24, 2.45) is 0 Å². The molecule has 2 aliphatic heterocycles. The first-order chi connectivity index (χ1) is 9.70. The highest BCUT2D eigenvalue weighted by atomic mass is 16.2. The second kappa shape index (κ2) is 5.26. The average molecular weight is 276 g/mol. The number of piperidine rings is 1. The first kappa shape index (κ1) is 13.1. The summed E-state index contributed by atoms with van der Waals surface area (Å²) in [5.74, 6) is -0.181. The van der Waals surface area contributed by atoms with E-state index in [1.807, 2.05) is 4.90 Å². The smallest absolute Gasteiger partial charge is 0.274 e. The second-order valence-corrected chi connectivity index (χ2v) is 5.45. The fourth-order valence-electron chi connectivity index (χ4n) is 3.08. The number of likely N-dealkylation sites (tertiary alicyclic amines) is 1. The Morgan fingerprint density at radius 2 is 2.30 bits per heavy atom. The molecule has 0 spiro atoms. The van der Waals surface area contributed by atoms with Crippen LogP contribution in [0.15, 0.2) is 6.07 Å². The number of carbonyl (C=O) groups excluding carboxylic acids is 2. The number of fused-ring (bicyclic) bond motifs is 1. The van der Waals surface area contributed by atoms with Gasteiger partial charge in [0, 0.05) is 25.2 Å². The molecule has 0 radical (unpaired) electrons. The van der Waals surface area contributed by atoms with Crippen LogP contribution in [-0.4, -0.2) is 45.6 Å². The minimum atomic E-state index is -0.145. The van der Waals surface area contributed by atoms with E-state index < -0.39 is 0 Å². The number of hydrogen-bond donors (Lipinski definition) is 1. The van der Waals surface area contributed by atoms with Gasteiger partial charge in [0.15, 0.2) is 5.69 Å². The van der Waals surface area contributed by atoms with Crippen LogP contribution in [0.1, 0.15) is 53.6 Å². The van der Waals surface area contributed by atoms with Crippen LogP contribution in [0.5, 0.6) is 0 Å². The molecule has 2 amide bonds. The van der Waals surface area contributed by atoms with Crippen molar-refractivity contribution in [2.45, 2.75) is 45.2 Å². The van der Waals surface area contributed by atoms with Crippen LogP contribution in [0.25, 0.3) is 0 Å². The summed E-state index contributed by atoms with van der Waals surface area (Å²) in [7, 11) is 0. The molecule has 0 bridgehead atoms. The summed E-state index contributed by atoms with van der Waals surface area (Å²) in [5, 5.41) is 7.07. The molecule has 6 nitrogen and oxygen atoms in total. The third kappa shape index (κ3) is 2.19. The molecule has 3 rings (SSSR count). The summed E-state index contributed by atoms with van der Waals surface area (Å²) >= 11 is 0. The highest BCUT2D eigenvalue weighted by molar-refractivity contribution is 5.98. The van der Waals surface area contributed by atoms with Crippen LogP contribution < -0.4 is 5.32 Å². The Morgan fingerprint density at radius 1 is 1.45 bits per heavy atom. The summed E-state index contributed by atoms with van der Waals surface area (Å²) in [6.45, 7) is 4.11. The summed E-state index contributed by atoms with van der Waals surface area (Å²) in [5.41, 5.74) is 0.891. The first-order valence-corrected chi connectivity index (χ1v) is 7.37. The lowest BCUT2D eigenvalue weighted by molar-refractivity contribution is 0.0600. The molecular formula is C14H20N4O2. The number of nitrogens with zero attached hydrogens (tertiary/aromatic N) is 3. The predicted octanol–water partition coefficient (Wildman–Crippen LogP) is 1.03. The molecule has 6 heteroatoms. The largest absolute Gasteiger partial charge is 0.349 e. The van der Waals surface area contributed by atoms with Gasteiger partial charge in [-0.25, -0.2) is 0 Å². The number of carbonyl (C=O) groups is 2.